The highest BCUT2D eigenvalue weighted by Crippen LogP contribution is 2.39. The third-order valence-corrected chi connectivity index (χ3v) is 7.37. The first-order valence-electron chi connectivity index (χ1n) is 11.8. The van der Waals surface area contributed by atoms with E-state index in [9.17, 15) is 0 Å². The van der Waals surface area contributed by atoms with Crippen LogP contribution in [0.3, 0.4) is 0 Å². The minimum absolute atomic E-state index is 0.398. The molecule has 3 nitrogen and oxygen atoms in total. The SMILES string of the molecule is CC1(C)OB(c2cccc3oc4c(-c5ccc(-c6ccccc6)cc5)cccc4c23)OC1(C)C. The maximum Gasteiger partial charge on any atom is 0.495 e. The fourth-order valence-corrected chi connectivity index (χ4v) is 4.74. The van der Waals surface area contributed by atoms with Crippen LogP contribution in [0.15, 0.2) is 95.4 Å². The van der Waals surface area contributed by atoms with Gasteiger partial charge in [0.25, 0.3) is 0 Å². The first-order chi connectivity index (χ1) is 16.3. The average Bonchev–Trinajstić information content (AvgIpc) is 3.33. The van der Waals surface area contributed by atoms with E-state index in [1.807, 2.05) is 18.2 Å². The highest BCUT2D eigenvalue weighted by Gasteiger charge is 2.52. The molecule has 6 rings (SSSR count). The Balaban J connectivity index is 1.46. The van der Waals surface area contributed by atoms with E-state index in [-0.39, 0.29) is 0 Å². The standard InChI is InChI=1S/C30H27BO3/c1-29(2)30(3,4)34-31(33-29)25-14-9-15-26-27(25)24-13-8-12-23(28(24)32-26)22-18-16-21(17-19-22)20-10-6-5-7-11-20/h5-19H,1-4H3. The van der Waals surface area contributed by atoms with E-state index < -0.39 is 18.3 Å². The molecule has 4 heteroatoms. The van der Waals surface area contributed by atoms with E-state index >= 15 is 0 Å². The zero-order chi connectivity index (χ0) is 23.5. The monoisotopic (exact) mass is 446 g/mol. The molecule has 34 heavy (non-hydrogen) atoms. The van der Waals surface area contributed by atoms with Crippen molar-refractivity contribution in [3.8, 4) is 22.3 Å². The van der Waals surface area contributed by atoms with Gasteiger partial charge in [-0.1, -0.05) is 84.9 Å². The van der Waals surface area contributed by atoms with Crippen LogP contribution in [0, 0.1) is 0 Å². The van der Waals surface area contributed by atoms with Crippen LogP contribution in [0.5, 0.6) is 0 Å². The minimum Gasteiger partial charge on any atom is -0.455 e. The summed E-state index contributed by atoms with van der Waals surface area (Å²) < 4.78 is 19.2. The molecule has 1 saturated heterocycles. The summed E-state index contributed by atoms with van der Waals surface area (Å²) in [4.78, 5) is 0. The summed E-state index contributed by atoms with van der Waals surface area (Å²) in [7, 11) is -0.441. The lowest BCUT2D eigenvalue weighted by Gasteiger charge is -2.32. The van der Waals surface area contributed by atoms with Crippen molar-refractivity contribution in [2.75, 3.05) is 0 Å². The molecule has 1 fully saturated rings. The molecule has 0 spiro atoms. The van der Waals surface area contributed by atoms with Crippen LogP contribution < -0.4 is 5.46 Å². The fraction of sp³-hybridized carbons (Fsp3) is 0.200. The summed E-state index contributed by atoms with van der Waals surface area (Å²) in [5.41, 5.74) is 6.55. The summed E-state index contributed by atoms with van der Waals surface area (Å²) in [5.74, 6) is 0. The van der Waals surface area contributed by atoms with Gasteiger partial charge in [0.05, 0.1) is 11.2 Å². The molecule has 0 saturated carbocycles. The lowest BCUT2D eigenvalue weighted by atomic mass is 9.76. The zero-order valence-corrected chi connectivity index (χ0v) is 20.0. The van der Waals surface area contributed by atoms with Crippen molar-refractivity contribution in [1.82, 2.24) is 0 Å². The maximum absolute atomic E-state index is 6.45. The van der Waals surface area contributed by atoms with Gasteiger partial charge < -0.3 is 13.7 Å². The van der Waals surface area contributed by atoms with Gasteiger partial charge in [-0.2, -0.15) is 0 Å². The van der Waals surface area contributed by atoms with E-state index in [2.05, 4.69) is 100 Å². The van der Waals surface area contributed by atoms with Gasteiger partial charge in [-0.05, 0) is 55.9 Å². The zero-order valence-electron chi connectivity index (χ0n) is 20.0. The molecule has 0 aliphatic carbocycles. The molecular weight excluding hydrogens is 419 g/mol. The van der Waals surface area contributed by atoms with Crippen LogP contribution >= 0.6 is 0 Å². The van der Waals surface area contributed by atoms with Crippen LogP contribution in [0.25, 0.3) is 44.2 Å². The second-order valence-electron chi connectivity index (χ2n) is 10.0. The highest BCUT2D eigenvalue weighted by molar-refractivity contribution is 6.66. The molecule has 0 amide bonds. The molecule has 168 valence electrons. The molecule has 1 aliphatic rings. The molecule has 0 N–H and O–H groups in total. The summed E-state index contributed by atoms with van der Waals surface area (Å²) in [6.45, 7) is 8.32. The number of rotatable bonds is 3. The number of fused-ring (bicyclic) bond motifs is 3. The molecule has 1 aliphatic heterocycles. The Morgan fingerprint density at radius 2 is 1.21 bits per heavy atom. The highest BCUT2D eigenvalue weighted by atomic mass is 16.7. The van der Waals surface area contributed by atoms with E-state index in [1.165, 1.54) is 11.1 Å². The Hall–Kier alpha value is -3.34. The first-order valence-corrected chi connectivity index (χ1v) is 11.8. The van der Waals surface area contributed by atoms with Gasteiger partial charge in [-0.15, -0.1) is 0 Å². The Kier molecular flexibility index (Phi) is 4.74. The molecule has 4 aromatic carbocycles. The predicted octanol–water partition coefficient (Wildman–Crippen LogP) is 7.22. The number of hydrogen-bond donors (Lipinski definition) is 0. The van der Waals surface area contributed by atoms with Crippen molar-refractivity contribution in [2.24, 2.45) is 0 Å². The summed E-state index contributed by atoms with van der Waals surface area (Å²) >= 11 is 0. The summed E-state index contributed by atoms with van der Waals surface area (Å²) in [6.07, 6.45) is 0. The number of hydrogen-bond acceptors (Lipinski definition) is 3. The third-order valence-electron chi connectivity index (χ3n) is 7.37. The second-order valence-corrected chi connectivity index (χ2v) is 10.0. The number of benzene rings is 4. The fourth-order valence-electron chi connectivity index (χ4n) is 4.74. The van der Waals surface area contributed by atoms with E-state index in [0.29, 0.717) is 0 Å². The average molecular weight is 446 g/mol. The van der Waals surface area contributed by atoms with Crippen molar-refractivity contribution < 1.29 is 13.7 Å². The van der Waals surface area contributed by atoms with E-state index in [0.717, 1.165) is 38.5 Å². The van der Waals surface area contributed by atoms with Gasteiger partial charge in [-0.3, -0.25) is 0 Å². The second kappa shape index (κ2) is 7.59. The molecule has 2 heterocycles. The van der Waals surface area contributed by atoms with Gasteiger partial charge in [0, 0.05) is 16.3 Å². The quantitative estimate of drug-likeness (QED) is 0.274. The van der Waals surface area contributed by atoms with Crippen LogP contribution in [0.1, 0.15) is 27.7 Å². The van der Waals surface area contributed by atoms with Crippen LogP contribution in [-0.2, 0) is 9.31 Å². The van der Waals surface area contributed by atoms with Gasteiger partial charge in [0.2, 0.25) is 0 Å². The Bertz CT molecular complexity index is 1480. The first kappa shape index (κ1) is 21.2. The lowest BCUT2D eigenvalue weighted by Crippen LogP contribution is -2.41. The van der Waals surface area contributed by atoms with Crippen molar-refractivity contribution in [1.29, 1.82) is 0 Å². The molecule has 0 bridgehead atoms. The van der Waals surface area contributed by atoms with Gasteiger partial charge in [-0.25, -0.2) is 0 Å². The van der Waals surface area contributed by atoms with Gasteiger partial charge in [0.1, 0.15) is 11.2 Å². The minimum atomic E-state index is -0.441. The van der Waals surface area contributed by atoms with Crippen LogP contribution in [-0.4, -0.2) is 18.3 Å². The Morgan fingerprint density at radius 1 is 0.588 bits per heavy atom. The molecule has 1 aromatic heterocycles. The van der Waals surface area contributed by atoms with Crippen LogP contribution in [0.4, 0.5) is 0 Å². The predicted molar refractivity (Wildman–Crippen MR) is 140 cm³/mol. The van der Waals surface area contributed by atoms with Crippen molar-refractivity contribution in [2.45, 2.75) is 38.9 Å². The maximum atomic E-state index is 6.45. The molecular formula is C30H27BO3. The van der Waals surface area contributed by atoms with Gasteiger partial charge in [0.15, 0.2) is 0 Å². The topological polar surface area (TPSA) is 31.6 Å². The van der Waals surface area contributed by atoms with Crippen molar-refractivity contribution >= 4 is 34.5 Å². The third kappa shape index (κ3) is 3.29. The van der Waals surface area contributed by atoms with Gasteiger partial charge >= 0.3 is 7.12 Å². The van der Waals surface area contributed by atoms with Crippen molar-refractivity contribution in [3.05, 3.63) is 91.0 Å². The normalized spacial score (nSPS) is 17.0. The smallest absolute Gasteiger partial charge is 0.455 e. The lowest BCUT2D eigenvalue weighted by molar-refractivity contribution is 0.00578. The molecule has 5 aromatic rings. The molecule has 0 atom stereocenters. The molecule has 0 unspecified atom stereocenters. The van der Waals surface area contributed by atoms with E-state index in [1.54, 1.807) is 0 Å². The van der Waals surface area contributed by atoms with E-state index in [4.69, 9.17) is 13.7 Å². The van der Waals surface area contributed by atoms with Crippen molar-refractivity contribution in [3.63, 3.8) is 0 Å². The molecule has 0 radical (unpaired) electrons. The summed E-state index contributed by atoms with van der Waals surface area (Å²) in [5, 5.41) is 2.13. The Morgan fingerprint density at radius 3 is 1.91 bits per heavy atom. The summed E-state index contributed by atoms with van der Waals surface area (Å²) in [6, 6.07) is 31.6. The number of para-hydroxylation sites is 1. The number of furan rings is 1. The largest absolute Gasteiger partial charge is 0.495 e. The van der Waals surface area contributed by atoms with Crippen LogP contribution in [0.2, 0.25) is 0 Å². The Labute approximate surface area is 200 Å².